The SMILES string of the molecule is C[C@@H]1CC[C@H](C)CC(N(C)c2ccc(-c3ccc(-c4ccn(C)c(=O)n4)cc3O)nn2)C1. The van der Waals surface area contributed by atoms with Crippen LogP contribution in [0.2, 0.25) is 0 Å². The zero-order valence-corrected chi connectivity index (χ0v) is 19.2. The van der Waals surface area contributed by atoms with Crippen LogP contribution in [0.25, 0.3) is 22.5 Å². The van der Waals surface area contributed by atoms with Crippen molar-refractivity contribution in [3.05, 3.63) is 53.1 Å². The van der Waals surface area contributed by atoms with Crippen LogP contribution in [0.5, 0.6) is 5.75 Å². The Kier molecular flexibility index (Phi) is 6.26. The summed E-state index contributed by atoms with van der Waals surface area (Å²) in [5.74, 6) is 2.36. The summed E-state index contributed by atoms with van der Waals surface area (Å²) in [7, 11) is 3.75. The Morgan fingerprint density at radius 1 is 1.00 bits per heavy atom. The Morgan fingerprint density at radius 2 is 1.72 bits per heavy atom. The maximum absolute atomic E-state index is 11.8. The number of phenolic OH excluding ortho intramolecular Hbond substituents is 1. The third kappa shape index (κ3) is 4.66. The molecule has 0 radical (unpaired) electrons. The first-order valence-corrected chi connectivity index (χ1v) is 11.3. The molecule has 1 N–H and O–H groups in total. The Bertz CT molecular complexity index is 1130. The molecule has 0 aliphatic heterocycles. The van der Waals surface area contributed by atoms with Crippen LogP contribution in [-0.4, -0.2) is 37.9 Å². The van der Waals surface area contributed by atoms with Crippen LogP contribution in [0.4, 0.5) is 5.82 Å². The van der Waals surface area contributed by atoms with Gasteiger partial charge >= 0.3 is 5.69 Å². The van der Waals surface area contributed by atoms with Crippen LogP contribution in [-0.2, 0) is 7.05 Å². The molecule has 3 atom stereocenters. The minimum absolute atomic E-state index is 0.0757. The summed E-state index contributed by atoms with van der Waals surface area (Å²) in [5.41, 5.74) is 2.05. The molecule has 1 aliphatic rings. The van der Waals surface area contributed by atoms with Crippen LogP contribution in [0.1, 0.15) is 39.5 Å². The lowest BCUT2D eigenvalue weighted by atomic mass is 9.98. The van der Waals surface area contributed by atoms with Crippen LogP contribution < -0.4 is 10.6 Å². The van der Waals surface area contributed by atoms with E-state index in [1.807, 2.05) is 18.2 Å². The summed E-state index contributed by atoms with van der Waals surface area (Å²) in [5, 5.41) is 19.5. The van der Waals surface area contributed by atoms with Gasteiger partial charge in [0.2, 0.25) is 0 Å². The van der Waals surface area contributed by atoms with Crippen molar-refractivity contribution in [1.82, 2.24) is 19.7 Å². The van der Waals surface area contributed by atoms with Gasteiger partial charge in [-0.1, -0.05) is 32.8 Å². The van der Waals surface area contributed by atoms with Gasteiger partial charge in [0, 0.05) is 37.5 Å². The monoisotopic (exact) mass is 433 g/mol. The fourth-order valence-corrected chi connectivity index (χ4v) is 4.52. The third-order valence-electron chi connectivity index (χ3n) is 6.60. The first kappa shape index (κ1) is 22.0. The van der Waals surface area contributed by atoms with Crippen molar-refractivity contribution in [2.24, 2.45) is 18.9 Å². The predicted octanol–water partition coefficient (Wildman–Crippen LogP) is 4.26. The molecule has 1 fully saturated rings. The number of aryl methyl sites for hydroxylation is 1. The zero-order chi connectivity index (χ0) is 22.8. The Balaban J connectivity index is 1.54. The van der Waals surface area contributed by atoms with E-state index in [4.69, 9.17) is 0 Å². The van der Waals surface area contributed by atoms with Crippen LogP contribution >= 0.6 is 0 Å². The fraction of sp³-hybridized carbons (Fsp3) is 0.440. The molecule has 2 heterocycles. The van der Waals surface area contributed by atoms with E-state index in [0.717, 1.165) is 17.7 Å². The van der Waals surface area contributed by atoms with E-state index in [0.29, 0.717) is 28.6 Å². The van der Waals surface area contributed by atoms with Gasteiger partial charge in [-0.05, 0) is 55.0 Å². The summed E-state index contributed by atoms with van der Waals surface area (Å²) >= 11 is 0. The molecule has 4 rings (SSSR count). The summed E-state index contributed by atoms with van der Waals surface area (Å²) in [6.07, 6.45) is 6.58. The number of nitrogens with zero attached hydrogens (tertiary/aromatic N) is 5. The van der Waals surface area contributed by atoms with Gasteiger partial charge in [-0.15, -0.1) is 10.2 Å². The van der Waals surface area contributed by atoms with E-state index in [9.17, 15) is 9.90 Å². The number of rotatable bonds is 4. The molecule has 3 aromatic rings. The van der Waals surface area contributed by atoms with Gasteiger partial charge < -0.3 is 14.6 Å². The largest absolute Gasteiger partial charge is 0.507 e. The fourth-order valence-electron chi connectivity index (χ4n) is 4.52. The number of hydrogen-bond acceptors (Lipinski definition) is 6. The summed E-state index contributed by atoms with van der Waals surface area (Å²) in [6.45, 7) is 4.67. The van der Waals surface area contributed by atoms with Crippen molar-refractivity contribution >= 4 is 5.82 Å². The van der Waals surface area contributed by atoms with Crippen molar-refractivity contribution in [1.29, 1.82) is 0 Å². The highest BCUT2D eigenvalue weighted by Gasteiger charge is 2.25. The van der Waals surface area contributed by atoms with Crippen molar-refractivity contribution in [2.75, 3.05) is 11.9 Å². The number of aromatic nitrogens is 4. The molecular weight excluding hydrogens is 402 g/mol. The maximum Gasteiger partial charge on any atom is 0.347 e. The highest BCUT2D eigenvalue weighted by Crippen LogP contribution is 2.33. The predicted molar refractivity (Wildman–Crippen MR) is 127 cm³/mol. The molecule has 0 spiro atoms. The highest BCUT2D eigenvalue weighted by molar-refractivity contribution is 5.73. The molecule has 1 aromatic carbocycles. The van der Waals surface area contributed by atoms with Crippen molar-refractivity contribution in [2.45, 2.75) is 45.6 Å². The normalized spacial score (nSPS) is 21.2. The molecule has 1 aliphatic carbocycles. The number of aromatic hydroxyl groups is 1. The lowest BCUT2D eigenvalue weighted by Crippen LogP contribution is -2.34. The van der Waals surface area contributed by atoms with Crippen LogP contribution in [0.15, 0.2) is 47.4 Å². The second-order valence-corrected chi connectivity index (χ2v) is 9.24. The highest BCUT2D eigenvalue weighted by atomic mass is 16.3. The molecule has 168 valence electrons. The van der Waals surface area contributed by atoms with E-state index in [1.165, 1.54) is 30.3 Å². The standard InChI is InChI=1S/C25H31N5O2/c1-16-5-6-17(2)14-19(13-16)30(4)24-10-9-22(27-28-24)20-8-7-18(15-23(20)31)21-11-12-29(3)25(32)26-21/h7-12,15-17,19,31H,5-6,13-14H2,1-4H3/t16-,17+,19?. The Labute approximate surface area is 188 Å². The van der Waals surface area contributed by atoms with Crippen LogP contribution in [0.3, 0.4) is 0 Å². The summed E-state index contributed by atoms with van der Waals surface area (Å²) in [4.78, 5) is 18.1. The molecule has 7 nitrogen and oxygen atoms in total. The topological polar surface area (TPSA) is 84.1 Å². The second-order valence-electron chi connectivity index (χ2n) is 9.24. The van der Waals surface area contributed by atoms with Gasteiger partial charge in [-0.2, -0.15) is 4.98 Å². The zero-order valence-electron chi connectivity index (χ0n) is 19.2. The van der Waals surface area contributed by atoms with E-state index < -0.39 is 0 Å². The quantitative estimate of drug-likeness (QED) is 0.619. The minimum Gasteiger partial charge on any atom is -0.507 e. The molecular formula is C25H31N5O2. The smallest absolute Gasteiger partial charge is 0.347 e. The molecule has 0 amide bonds. The van der Waals surface area contributed by atoms with Gasteiger partial charge in [0.25, 0.3) is 0 Å². The Hall–Kier alpha value is -3.22. The van der Waals surface area contributed by atoms with Crippen molar-refractivity contribution < 1.29 is 5.11 Å². The maximum atomic E-state index is 11.8. The molecule has 7 heteroatoms. The van der Waals surface area contributed by atoms with Crippen molar-refractivity contribution in [3.63, 3.8) is 0 Å². The molecule has 0 bridgehead atoms. The lowest BCUT2D eigenvalue weighted by molar-refractivity contribution is 0.446. The first-order valence-electron chi connectivity index (χ1n) is 11.3. The molecule has 1 saturated carbocycles. The second kappa shape index (κ2) is 9.10. The summed E-state index contributed by atoms with van der Waals surface area (Å²) in [6, 6.07) is 11.3. The van der Waals surface area contributed by atoms with Crippen molar-refractivity contribution in [3.8, 4) is 28.3 Å². The number of anilines is 1. The van der Waals surface area contributed by atoms with Gasteiger partial charge in [-0.3, -0.25) is 0 Å². The van der Waals surface area contributed by atoms with Crippen LogP contribution in [0, 0.1) is 11.8 Å². The first-order chi connectivity index (χ1) is 15.3. The summed E-state index contributed by atoms with van der Waals surface area (Å²) < 4.78 is 1.41. The molecule has 32 heavy (non-hydrogen) atoms. The lowest BCUT2D eigenvalue weighted by Gasteiger charge is -2.30. The molecule has 2 aromatic heterocycles. The van der Waals surface area contributed by atoms with E-state index in [1.54, 1.807) is 31.4 Å². The van der Waals surface area contributed by atoms with Gasteiger partial charge in [0.15, 0.2) is 5.82 Å². The average Bonchev–Trinajstić information content (AvgIpc) is 2.95. The minimum atomic E-state index is -0.339. The van der Waals surface area contributed by atoms with E-state index in [-0.39, 0.29) is 11.4 Å². The van der Waals surface area contributed by atoms with E-state index >= 15 is 0 Å². The molecule has 1 unspecified atom stereocenters. The number of hydrogen-bond donors (Lipinski definition) is 1. The van der Waals surface area contributed by atoms with Gasteiger partial charge in [0.1, 0.15) is 5.75 Å². The average molecular weight is 434 g/mol. The molecule has 0 saturated heterocycles. The number of phenols is 1. The third-order valence-corrected chi connectivity index (χ3v) is 6.60. The van der Waals surface area contributed by atoms with Gasteiger partial charge in [0.05, 0.1) is 11.4 Å². The van der Waals surface area contributed by atoms with E-state index in [2.05, 4.69) is 41.0 Å². The van der Waals surface area contributed by atoms with Gasteiger partial charge in [-0.25, -0.2) is 4.79 Å². The number of benzene rings is 1. The Morgan fingerprint density at radius 3 is 2.31 bits per heavy atom.